The molecule has 25 heavy (non-hydrogen) atoms. The van der Waals surface area contributed by atoms with Crippen molar-refractivity contribution in [1.29, 1.82) is 0 Å². The van der Waals surface area contributed by atoms with E-state index in [1.807, 2.05) is 24.3 Å². The molecule has 0 saturated heterocycles. The first-order valence-corrected chi connectivity index (χ1v) is 12.4. The second kappa shape index (κ2) is 7.53. The molecule has 1 atom stereocenters. The first-order chi connectivity index (χ1) is 11.5. The Morgan fingerprint density at radius 3 is 2.24 bits per heavy atom. The number of thiazole rings is 1. The molecule has 0 amide bonds. The zero-order chi connectivity index (χ0) is 18.8. The molecule has 2 rings (SSSR count). The summed E-state index contributed by atoms with van der Waals surface area (Å²) >= 11 is 1.48. The van der Waals surface area contributed by atoms with Crippen LogP contribution >= 0.6 is 11.3 Å². The lowest BCUT2D eigenvalue weighted by Crippen LogP contribution is -2.34. The van der Waals surface area contributed by atoms with Crippen molar-refractivity contribution in [3.63, 3.8) is 0 Å². The summed E-state index contributed by atoms with van der Waals surface area (Å²) in [6.07, 6.45) is 2.41. The smallest absolute Gasteiger partial charge is 0.175 e. The second-order valence-corrected chi connectivity index (χ2v) is 11.4. The zero-order valence-corrected chi connectivity index (χ0v) is 17.1. The summed E-state index contributed by atoms with van der Waals surface area (Å²) in [7, 11) is -4.36. The number of aromatic nitrogens is 1. The molecule has 9 heteroatoms. The van der Waals surface area contributed by atoms with E-state index >= 15 is 0 Å². The maximum absolute atomic E-state index is 11.5. The number of rotatable bonds is 7. The van der Waals surface area contributed by atoms with Crippen LogP contribution in [0.3, 0.4) is 0 Å². The normalized spacial score (nSPS) is 14.0. The first kappa shape index (κ1) is 20.0. The quantitative estimate of drug-likeness (QED) is 0.705. The first-order valence-electron chi connectivity index (χ1n) is 7.58. The molecule has 0 aliphatic rings. The Balaban J connectivity index is 2.09. The molecule has 2 aromatic rings. The minimum Gasteiger partial charge on any atom is -0.297 e. The summed E-state index contributed by atoms with van der Waals surface area (Å²) in [5.41, 5.74) is 1.71. The predicted molar refractivity (Wildman–Crippen MR) is 101 cm³/mol. The Morgan fingerprint density at radius 1 is 1.12 bits per heavy atom. The van der Waals surface area contributed by atoms with Crippen LogP contribution in [0.4, 0.5) is 0 Å². The van der Waals surface area contributed by atoms with Crippen molar-refractivity contribution in [2.75, 3.05) is 25.3 Å². The molecule has 1 aromatic carbocycles. The van der Waals surface area contributed by atoms with Crippen LogP contribution in [0.25, 0.3) is 10.6 Å². The van der Waals surface area contributed by atoms with Gasteiger partial charge in [-0.05, 0) is 26.1 Å². The van der Waals surface area contributed by atoms with Crippen molar-refractivity contribution in [3.05, 3.63) is 35.3 Å². The van der Waals surface area contributed by atoms with Gasteiger partial charge >= 0.3 is 0 Å². The summed E-state index contributed by atoms with van der Waals surface area (Å²) < 4.78 is 45.8. The highest BCUT2D eigenvalue weighted by Gasteiger charge is 2.17. The molecule has 0 aliphatic heterocycles. The molecule has 138 valence electrons. The highest BCUT2D eigenvalue weighted by molar-refractivity contribution is 7.91. The Labute approximate surface area is 153 Å². The van der Waals surface area contributed by atoms with E-state index in [2.05, 4.69) is 4.98 Å². The molecule has 0 fully saturated rings. The Morgan fingerprint density at radius 2 is 1.72 bits per heavy atom. The Kier molecular flexibility index (Phi) is 6.03. The number of nitrogens with zero attached hydrogens (tertiary/aromatic N) is 2. The molecule has 0 aliphatic carbocycles. The lowest BCUT2D eigenvalue weighted by Gasteiger charge is -2.22. The molecule has 0 saturated carbocycles. The van der Waals surface area contributed by atoms with Crippen molar-refractivity contribution in [2.45, 2.75) is 24.4 Å². The van der Waals surface area contributed by atoms with Gasteiger partial charge in [0.1, 0.15) is 14.8 Å². The standard InChI is InChI=1S/C16H22N2O4S3/c1-12(11-24(3,19)20)18(2)9-14-10-23-16(17-14)13-5-7-15(8-6-13)25(4,21)22/h5-8,10,12H,9,11H2,1-4H3/t12-/m0/s1. The van der Waals surface area contributed by atoms with Gasteiger partial charge in [0.2, 0.25) is 0 Å². The van der Waals surface area contributed by atoms with Gasteiger partial charge in [0.05, 0.1) is 16.3 Å². The summed E-state index contributed by atoms with van der Waals surface area (Å²) in [6.45, 7) is 2.42. The van der Waals surface area contributed by atoms with Gasteiger partial charge in [-0.3, -0.25) is 4.90 Å². The summed E-state index contributed by atoms with van der Waals surface area (Å²) in [4.78, 5) is 6.80. The van der Waals surface area contributed by atoms with Gasteiger partial charge in [-0.25, -0.2) is 21.8 Å². The van der Waals surface area contributed by atoms with Crippen molar-refractivity contribution in [2.24, 2.45) is 0 Å². The monoisotopic (exact) mass is 402 g/mol. The van der Waals surface area contributed by atoms with Gasteiger partial charge in [0, 0.05) is 36.0 Å². The third-order valence-electron chi connectivity index (χ3n) is 3.79. The second-order valence-electron chi connectivity index (χ2n) is 6.30. The van der Waals surface area contributed by atoms with Crippen LogP contribution in [0, 0.1) is 0 Å². The SMILES string of the molecule is C[C@@H](CS(C)(=O)=O)N(C)Cc1csc(-c2ccc(S(C)(=O)=O)cc2)n1. The molecule has 0 N–H and O–H groups in total. The van der Waals surface area contributed by atoms with E-state index in [1.54, 1.807) is 24.3 Å². The van der Waals surface area contributed by atoms with Gasteiger partial charge < -0.3 is 0 Å². The molecule has 0 spiro atoms. The van der Waals surface area contributed by atoms with E-state index in [1.165, 1.54) is 23.8 Å². The van der Waals surface area contributed by atoms with Gasteiger partial charge in [0.15, 0.2) is 9.84 Å². The molecule has 0 bridgehead atoms. The predicted octanol–water partition coefficient (Wildman–Crippen LogP) is 2.08. The minimum atomic E-state index is -3.21. The fraction of sp³-hybridized carbons (Fsp3) is 0.438. The number of hydrogen-bond acceptors (Lipinski definition) is 7. The third-order valence-corrected chi connectivity index (χ3v) is 6.95. The Bertz CT molecular complexity index is 932. The molecule has 0 radical (unpaired) electrons. The molecule has 1 aromatic heterocycles. The largest absolute Gasteiger partial charge is 0.297 e. The molecule has 0 unspecified atom stereocenters. The van der Waals surface area contributed by atoms with E-state index in [0.717, 1.165) is 16.3 Å². The molecular weight excluding hydrogens is 380 g/mol. The summed E-state index contributed by atoms with van der Waals surface area (Å²) in [5.74, 6) is 0.105. The lowest BCUT2D eigenvalue weighted by atomic mass is 10.2. The van der Waals surface area contributed by atoms with Crippen LogP contribution in [0.2, 0.25) is 0 Å². The van der Waals surface area contributed by atoms with Crippen LogP contribution in [0.15, 0.2) is 34.5 Å². The maximum atomic E-state index is 11.5. The van der Waals surface area contributed by atoms with Crippen LogP contribution < -0.4 is 0 Å². The average molecular weight is 403 g/mol. The molecule has 6 nitrogen and oxygen atoms in total. The van der Waals surface area contributed by atoms with Crippen molar-refractivity contribution in [1.82, 2.24) is 9.88 Å². The highest BCUT2D eigenvalue weighted by atomic mass is 32.2. The summed E-state index contributed by atoms with van der Waals surface area (Å²) in [5, 5.41) is 2.74. The van der Waals surface area contributed by atoms with E-state index in [9.17, 15) is 16.8 Å². The number of sulfone groups is 2. The van der Waals surface area contributed by atoms with Gasteiger partial charge in [-0.2, -0.15) is 0 Å². The van der Waals surface area contributed by atoms with E-state index in [0.29, 0.717) is 6.54 Å². The van der Waals surface area contributed by atoms with Gasteiger partial charge in [-0.15, -0.1) is 11.3 Å². The van der Waals surface area contributed by atoms with Crippen molar-refractivity contribution < 1.29 is 16.8 Å². The topological polar surface area (TPSA) is 84.4 Å². The fourth-order valence-electron chi connectivity index (χ4n) is 2.33. The highest BCUT2D eigenvalue weighted by Crippen LogP contribution is 2.25. The fourth-order valence-corrected chi connectivity index (χ4v) is 4.91. The minimum absolute atomic E-state index is 0.103. The van der Waals surface area contributed by atoms with Gasteiger partial charge in [0.25, 0.3) is 0 Å². The number of benzene rings is 1. The lowest BCUT2D eigenvalue weighted by molar-refractivity contribution is 0.265. The summed E-state index contributed by atoms with van der Waals surface area (Å²) in [6, 6.07) is 6.54. The van der Waals surface area contributed by atoms with Crippen molar-refractivity contribution in [3.8, 4) is 10.6 Å². The van der Waals surface area contributed by atoms with Crippen molar-refractivity contribution >= 4 is 31.0 Å². The van der Waals surface area contributed by atoms with Crippen LogP contribution in [0.5, 0.6) is 0 Å². The molecular formula is C16H22N2O4S3. The van der Waals surface area contributed by atoms with E-state index in [-0.39, 0.29) is 16.7 Å². The average Bonchev–Trinajstić information content (AvgIpc) is 2.93. The Hall–Kier alpha value is -1.29. The van der Waals surface area contributed by atoms with Crippen LogP contribution in [-0.4, -0.2) is 58.1 Å². The van der Waals surface area contributed by atoms with E-state index < -0.39 is 19.7 Å². The van der Waals surface area contributed by atoms with Crippen LogP contribution in [0.1, 0.15) is 12.6 Å². The third kappa shape index (κ3) is 5.88. The van der Waals surface area contributed by atoms with Gasteiger partial charge in [-0.1, -0.05) is 12.1 Å². The molecule has 1 heterocycles. The number of hydrogen-bond donors (Lipinski definition) is 0. The van der Waals surface area contributed by atoms with Crippen LogP contribution in [-0.2, 0) is 26.2 Å². The zero-order valence-electron chi connectivity index (χ0n) is 14.6. The maximum Gasteiger partial charge on any atom is 0.175 e. The van der Waals surface area contributed by atoms with E-state index in [4.69, 9.17) is 0 Å².